The standard InChI is InChI=1S/C15H22FNO2/c1-11(17)8-13-2-3-15(14(16)9-13)19-10-12-4-6-18-7-5-12/h2-3,9,11-12H,4-8,10,17H2,1H3. The molecule has 0 bridgehead atoms. The number of rotatable bonds is 5. The van der Waals surface area contributed by atoms with Crippen LogP contribution in [0.1, 0.15) is 25.3 Å². The van der Waals surface area contributed by atoms with E-state index < -0.39 is 0 Å². The molecule has 0 amide bonds. The molecule has 1 heterocycles. The first kappa shape index (κ1) is 14.3. The fraction of sp³-hybridized carbons (Fsp3) is 0.600. The van der Waals surface area contributed by atoms with E-state index in [0.29, 0.717) is 24.7 Å². The largest absolute Gasteiger partial charge is 0.490 e. The molecule has 1 aromatic rings. The highest BCUT2D eigenvalue weighted by molar-refractivity contribution is 5.29. The van der Waals surface area contributed by atoms with Crippen LogP contribution in [0.5, 0.6) is 5.75 Å². The Balaban J connectivity index is 1.89. The van der Waals surface area contributed by atoms with Crippen LogP contribution in [0.25, 0.3) is 0 Å². The zero-order valence-corrected chi connectivity index (χ0v) is 11.4. The first-order valence-electron chi connectivity index (χ1n) is 6.89. The lowest BCUT2D eigenvalue weighted by Crippen LogP contribution is -2.21. The second-order valence-corrected chi connectivity index (χ2v) is 5.31. The first-order valence-corrected chi connectivity index (χ1v) is 6.89. The number of benzene rings is 1. The molecular weight excluding hydrogens is 245 g/mol. The quantitative estimate of drug-likeness (QED) is 0.891. The van der Waals surface area contributed by atoms with Gasteiger partial charge in [-0.1, -0.05) is 6.07 Å². The summed E-state index contributed by atoms with van der Waals surface area (Å²) in [5.74, 6) is 0.502. The van der Waals surface area contributed by atoms with E-state index in [0.717, 1.165) is 31.6 Å². The molecule has 2 rings (SSSR count). The molecule has 1 atom stereocenters. The van der Waals surface area contributed by atoms with Crippen molar-refractivity contribution in [3.63, 3.8) is 0 Å². The zero-order valence-electron chi connectivity index (χ0n) is 11.4. The Morgan fingerprint density at radius 3 is 2.79 bits per heavy atom. The first-order chi connectivity index (χ1) is 9.15. The van der Waals surface area contributed by atoms with Gasteiger partial charge in [0, 0.05) is 19.3 Å². The fourth-order valence-electron chi connectivity index (χ4n) is 2.28. The van der Waals surface area contributed by atoms with Crippen molar-refractivity contribution in [1.82, 2.24) is 0 Å². The maximum atomic E-state index is 13.9. The Morgan fingerprint density at radius 1 is 1.42 bits per heavy atom. The molecule has 19 heavy (non-hydrogen) atoms. The zero-order chi connectivity index (χ0) is 13.7. The van der Waals surface area contributed by atoms with Crippen LogP contribution in [-0.4, -0.2) is 25.9 Å². The Hall–Kier alpha value is -1.13. The lowest BCUT2D eigenvalue weighted by Gasteiger charge is -2.22. The molecule has 1 aliphatic rings. The van der Waals surface area contributed by atoms with Crippen LogP contribution in [-0.2, 0) is 11.2 Å². The van der Waals surface area contributed by atoms with Gasteiger partial charge in [0.05, 0.1) is 6.61 Å². The maximum Gasteiger partial charge on any atom is 0.165 e. The van der Waals surface area contributed by atoms with Crippen LogP contribution in [0, 0.1) is 11.7 Å². The SMILES string of the molecule is CC(N)Cc1ccc(OCC2CCOCC2)c(F)c1. The van der Waals surface area contributed by atoms with Gasteiger partial charge < -0.3 is 15.2 Å². The Kier molecular flexibility index (Phi) is 5.16. The summed E-state index contributed by atoms with van der Waals surface area (Å²) in [5.41, 5.74) is 6.61. The summed E-state index contributed by atoms with van der Waals surface area (Å²) in [5, 5.41) is 0. The van der Waals surface area contributed by atoms with E-state index in [-0.39, 0.29) is 11.9 Å². The molecule has 4 heteroatoms. The van der Waals surface area contributed by atoms with Crippen molar-refractivity contribution in [2.45, 2.75) is 32.2 Å². The van der Waals surface area contributed by atoms with E-state index in [9.17, 15) is 4.39 Å². The minimum atomic E-state index is -0.301. The molecule has 1 saturated heterocycles. The molecule has 1 unspecified atom stereocenters. The summed E-state index contributed by atoms with van der Waals surface area (Å²) in [4.78, 5) is 0. The van der Waals surface area contributed by atoms with Gasteiger partial charge in [-0.2, -0.15) is 0 Å². The summed E-state index contributed by atoms with van der Waals surface area (Å²) in [6.45, 7) is 4.04. The third-order valence-electron chi connectivity index (χ3n) is 3.37. The third kappa shape index (κ3) is 4.48. The third-order valence-corrected chi connectivity index (χ3v) is 3.37. The summed E-state index contributed by atoms with van der Waals surface area (Å²) in [6, 6.07) is 5.13. The molecule has 0 saturated carbocycles. The lowest BCUT2D eigenvalue weighted by molar-refractivity contribution is 0.0491. The molecule has 0 spiro atoms. The molecule has 0 aromatic heterocycles. The average Bonchev–Trinajstić information content (AvgIpc) is 2.38. The van der Waals surface area contributed by atoms with Crippen molar-refractivity contribution in [2.75, 3.05) is 19.8 Å². The Bertz CT molecular complexity index is 403. The molecule has 106 valence electrons. The lowest BCUT2D eigenvalue weighted by atomic mass is 10.0. The number of nitrogens with two attached hydrogens (primary N) is 1. The number of ether oxygens (including phenoxy) is 2. The molecule has 1 aliphatic heterocycles. The van der Waals surface area contributed by atoms with Gasteiger partial charge in [-0.3, -0.25) is 0 Å². The van der Waals surface area contributed by atoms with Crippen LogP contribution in [0.3, 0.4) is 0 Å². The van der Waals surface area contributed by atoms with Gasteiger partial charge in [0.1, 0.15) is 0 Å². The second kappa shape index (κ2) is 6.87. The van der Waals surface area contributed by atoms with Crippen molar-refractivity contribution in [2.24, 2.45) is 11.7 Å². The monoisotopic (exact) mass is 267 g/mol. The smallest absolute Gasteiger partial charge is 0.165 e. The van der Waals surface area contributed by atoms with Crippen molar-refractivity contribution in [1.29, 1.82) is 0 Å². The highest BCUT2D eigenvalue weighted by Crippen LogP contribution is 2.22. The Morgan fingerprint density at radius 2 is 2.16 bits per heavy atom. The average molecular weight is 267 g/mol. The van der Waals surface area contributed by atoms with Crippen LogP contribution in [0.2, 0.25) is 0 Å². The summed E-state index contributed by atoms with van der Waals surface area (Å²) in [7, 11) is 0. The van der Waals surface area contributed by atoms with E-state index >= 15 is 0 Å². The van der Waals surface area contributed by atoms with Gasteiger partial charge in [-0.05, 0) is 49.8 Å². The van der Waals surface area contributed by atoms with Gasteiger partial charge in [-0.25, -0.2) is 4.39 Å². The highest BCUT2D eigenvalue weighted by atomic mass is 19.1. The van der Waals surface area contributed by atoms with Gasteiger partial charge >= 0.3 is 0 Å². The van der Waals surface area contributed by atoms with E-state index in [2.05, 4.69) is 0 Å². The van der Waals surface area contributed by atoms with E-state index in [4.69, 9.17) is 15.2 Å². The van der Waals surface area contributed by atoms with Crippen molar-refractivity contribution < 1.29 is 13.9 Å². The van der Waals surface area contributed by atoms with Crippen LogP contribution in [0.15, 0.2) is 18.2 Å². The summed E-state index contributed by atoms with van der Waals surface area (Å²) in [6.07, 6.45) is 2.66. The molecule has 1 fully saturated rings. The van der Waals surface area contributed by atoms with Crippen LogP contribution >= 0.6 is 0 Å². The Labute approximate surface area is 113 Å². The summed E-state index contributed by atoms with van der Waals surface area (Å²) >= 11 is 0. The summed E-state index contributed by atoms with van der Waals surface area (Å²) < 4.78 is 24.7. The van der Waals surface area contributed by atoms with Gasteiger partial charge in [0.2, 0.25) is 0 Å². The van der Waals surface area contributed by atoms with Crippen molar-refractivity contribution >= 4 is 0 Å². The van der Waals surface area contributed by atoms with E-state index in [1.807, 2.05) is 13.0 Å². The van der Waals surface area contributed by atoms with Crippen LogP contribution < -0.4 is 10.5 Å². The number of hydrogen-bond acceptors (Lipinski definition) is 3. The molecule has 0 aliphatic carbocycles. The van der Waals surface area contributed by atoms with Gasteiger partial charge in [0.15, 0.2) is 11.6 Å². The van der Waals surface area contributed by atoms with Crippen LogP contribution in [0.4, 0.5) is 4.39 Å². The molecule has 1 aromatic carbocycles. The molecule has 0 radical (unpaired) electrons. The predicted molar refractivity (Wildman–Crippen MR) is 72.8 cm³/mol. The predicted octanol–water partition coefficient (Wildman–Crippen LogP) is 2.52. The fourth-order valence-corrected chi connectivity index (χ4v) is 2.28. The normalized spacial score (nSPS) is 18.3. The molecule has 3 nitrogen and oxygen atoms in total. The topological polar surface area (TPSA) is 44.5 Å². The van der Waals surface area contributed by atoms with Gasteiger partial charge in [0.25, 0.3) is 0 Å². The molecule has 2 N–H and O–H groups in total. The number of halogens is 1. The number of hydrogen-bond donors (Lipinski definition) is 1. The van der Waals surface area contributed by atoms with E-state index in [1.54, 1.807) is 6.07 Å². The van der Waals surface area contributed by atoms with Crippen molar-refractivity contribution in [3.05, 3.63) is 29.6 Å². The highest BCUT2D eigenvalue weighted by Gasteiger charge is 2.15. The maximum absolute atomic E-state index is 13.9. The van der Waals surface area contributed by atoms with Gasteiger partial charge in [-0.15, -0.1) is 0 Å². The second-order valence-electron chi connectivity index (χ2n) is 5.31. The van der Waals surface area contributed by atoms with E-state index in [1.165, 1.54) is 6.07 Å². The van der Waals surface area contributed by atoms with Crippen molar-refractivity contribution in [3.8, 4) is 5.75 Å². The minimum Gasteiger partial charge on any atom is -0.490 e. The molecular formula is C15H22FNO2. The minimum absolute atomic E-state index is 0.0356.